The second kappa shape index (κ2) is 13.3. The van der Waals surface area contributed by atoms with Gasteiger partial charge in [-0.25, -0.2) is 36.4 Å². The molecule has 0 heterocycles. The van der Waals surface area contributed by atoms with E-state index in [1.165, 1.54) is 11.1 Å². The van der Waals surface area contributed by atoms with Gasteiger partial charge in [-0.2, -0.15) is 53.6 Å². The summed E-state index contributed by atoms with van der Waals surface area (Å²) < 4.78 is 0. The molecule has 0 amide bonds. The SMILES string of the molecule is CC(C)(c1ccc[cH-]1)c1ccc[cH-]1.CC([O-])=C1C=CC=C1.[Fe+2].[Fe+2].c1cc[cH-]c1. The molecule has 0 bridgehead atoms. The van der Waals surface area contributed by atoms with Gasteiger partial charge in [0.15, 0.2) is 0 Å². The first kappa shape index (κ1) is 26.1. The predicted octanol–water partition coefficient (Wildman–Crippen LogP) is 5.60. The van der Waals surface area contributed by atoms with Crippen LogP contribution in [0.4, 0.5) is 0 Å². The Morgan fingerprint density at radius 1 is 0.786 bits per heavy atom. The van der Waals surface area contributed by atoms with E-state index in [-0.39, 0.29) is 45.3 Å². The van der Waals surface area contributed by atoms with E-state index in [1.54, 1.807) is 6.92 Å². The van der Waals surface area contributed by atoms with Gasteiger partial charge in [-0.3, -0.25) is 0 Å². The van der Waals surface area contributed by atoms with Crippen LogP contribution >= 0.6 is 0 Å². The Hall–Kier alpha value is -1.89. The van der Waals surface area contributed by atoms with Crippen LogP contribution in [0, 0.1) is 0 Å². The van der Waals surface area contributed by atoms with Gasteiger partial charge in [0.05, 0.1) is 0 Å². The van der Waals surface area contributed by atoms with Gasteiger partial charge >= 0.3 is 34.1 Å². The molecule has 0 spiro atoms. The first-order chi connectivity index (χ1) is 12.5. The van der Waals surface area contributed by atoms with Gasteiger partial charge in [0.2, 0.25) is 0 Å². The van der Waals surface area contributed by atoms with Crippen LogP contribution in [-0.2, 0) is 39.6 Å². The summed E-state index contributed by atoms with van der Waals surface area (Å²) in [5.74, 6) is 0.134. The average molecular weight is 454 g/mol. The van der Waals surface area contributed by atoms with Crippen molar-refractivity contribution in [2.45, 2.75) is 26.2 Å². The van der Waals surface area contributed by atoms with Crippen LogP contribution in [0.1, 0.15) is 31.9 Å². The molecule has 1 aliphatic rings. The van der Waals surface area contributed by atoms with E-state index in [0.29, 0.717) is 0 Å². The molecule has 0 unspecified atom stereocenters. The molecule has 0 radical (unpaired) electrons. The van der Waals surface area contributed by atoms with Crippen LogP contribution in [0.3, 0.4) is 0 Å². The zero-order valence-corrected chi connectivity index (χ0v) is 18.6. The zero-order chi connectivity index (χ0) is 18.8. The molecular formula is C25H26Fe2O. The van der Waals surface area contributed by atoms with E-state index >= 15 is 0 Å². The number of hydrogen-bond donors (Lipinski definition) is 0. The normalized spacial score (nSPS) is 11.3. The van der Waals surface area contributed by atoms with Crippen molar-refractivity contribution < 1.29 is 39.2 Å². The summed E-state index contributed by atoms with van der Waals surface area (Å²) in [6, 6.07) is 27.1. The summed E-state index contributed by atoms with van der Waals surface area (Å²) in [4.78, 5) is 0. The number of rotatable bonds is 2. The summed E-state index contributed by atoms with van der Waals surface area (Å²) in [7, 11) is 0. The quantitative estimate of drug-likeness (QED) is 0.281. The Balaban J connectivity index is 0.000000419. The van der Waals surface area contributed by atoms with Crippen LogP contribution in [0.2, 0.25) is 0 Å². The molecule has 3 aromatic carbocycles. The van der Waals surface area contributed by atoms with Crippen molar-refractivity contribution >= 4 is 0 Å². The summed E-state index contributed by atoms with van der Waals surface area (Å²) in [5.41, 5.74) is 3.72. The molecule has 1 nitrogen and oxygen atoms in total. The Morgan fingerprint density at radius 2 is 1.25 bits per heavy atom. The number of allylic oxidation sites excluding steroid dienone is 6. The van der Waals surface area contributed by atoms with Gasteiger partial charge in [-0.05, 0) is 11.0 Å². The van der Waals surface area contributed by atoms with Crippen molar-refractivity contribution in [1.29, 1.82) is 0 Å². The van der Waals surface area contributed by atoms with Crippen molar-refractivity contribution in [2.24, 2.45) is 0 Å². The smallest absolute Gasteiger partial charge is 0.875 e. The van der Waals surface area contributed by atoms with E-state index in [2.05, 4.69) is 62.4 Å². The van der Waals surface area contributed by atoms with Crippen molar-refractivity contribution in [3.05, 3.63) is 126 Å². The Morgan fingerprint density at radius 3 is 1.50 bits per heavy atom. The molecule has 0 aromatic heterocycles. The van der Waals surface area contributed by atoms with Gasteiger partial charge in [0.1, 0.15) is 0 Å². The molecular weight excluding hydrogens is 428 g/mol. The van der Waals surface area contributed by atoms with Gasteiger partial charge in [0, 0.05) is 0 Å². The first-order valence-corrected chi connectivity index (χ1v) is 8.85. The fourth-order valence-corrected chi connectivity index (χ4v) is 2.68. The van der Waals surface area contributed by atoms with Gasteiger partial charge in [-0.1, -0.05) is 45.1 Å². The monoisotopic (exact) mass is 454 g/mol. The van der Waals surface area contributed by atoms with Gasteiger partial charge in [0.25, 0.3) is 0 Å². The average Bonchev–Trinajstić information content (AvgIpc) is 3.48. The van der Waals surface area contributed by atoms with Crippen molar-refractivity contribution in [3.8, 4) is 0 Å². The molecule has 3 heteroatoms. The van der Waals surface area contributed by atoms with Crippen LogP contribution < -0.4 is 5.11 Å². The molecule has 1 aliphatic carbocycles. The Kier molecular flexibility index (Phi) is 12.4. The van der Waals surface area contributed by atoms with Crippen LogP contribution in [0.25, 0.3) is 0 Å². The molecule has 0 aliphatic heterocycles. The van der Waals surface area contributed by atoms with Crippen LogP contribution in [-0.4, -0.2) is 0 Å². The summed E-state index contributed by atoms with van der Waals surface area (Å²) in [5, 5.41) is 10.5. The van der Waals surface area contributed by atoms with E-state index < -0.39 is 0 Å². The third-order valence-corrected chi connectivity index (χ3v) is 4.39. The van der Waals surface area contributed by atoms with E-state index in [1.807, 2.05) is 54.6 Å². The molecule has 148 valence electrons. The van der Waals surface area contributed by atoms with Crippen LogP contribution in [0.15, 0.2) is 114 Å². The maximum atomic E-state index is 10.5. The predicted molar refractivity (Wildman–Crippen MR) is 109 cm³/mol. The maximum absolute atomic E-state index is 10.5. The Bertz CT molecular complexity index is 744. The molecule has 0 atom stereocenters. The second-order valence-electron chi connectivity index (χ2n) is 6.66. The standard InChI is InChI=1S/C13H14.C7H8O.C5H5.2Fe/c1-13(2,11-7-3-4-8-11)12-9-5-6-10-12;1-6(8)7-4-2-3-5-7;1-2-4-5-3-1;;/h3-10H,1-2H3;2-5,8H,1H3;1-5H;;/q-2;;-1;2*+2/p-1. The molecule has 4 rings (SSSR count). The fourth-order valence-electron chi connectivity index (χ4n) is 2.68. The first-order valence-electron chi connectivity index (χ1n) is 8.85. The van der Waals surface area contributed by atoms with Crippen molar-refractivity contribution in [1.82, 2.24) is 0 Å². The van der Waals surface area contributed by atoms with Crippen LogP contribution in [0.5, 0.6) is 0 Å². The molecule has 28 heavy (non-hydrogen) atoms. The summed E-state index contributed by atoms with van der Waals surface area (Å²) in [6.07, 6.45) is 7.33. The van der Waals surface area contributed by atoms with Gasteiger partial charge in [-0.15, -0.1) is 5.76 Å². The third-order valence-electron chi connectivity index (χ3n) is 4.39. The van der Waals surface area contributed by atoms with E-state index in [4.69, 9.17) is 0 Å². The van der Waals surface area contributed by atoms with E-state index in [0.717, 1.165) is 5.57 Å². The van der Waals surface area contributed by atoms with Gasteiger partial charge < -0.3 is 5.11 Å². The van der Waals surface area contributed by atoms with Crippen molar-refractivity contribution in [2.75, 3.05) is 0 Å². The van der Waals surface area contributed by atoms with Crippen molar-refractivity contribution in [3.63, 3.8) is 0 Å². The number of hydrogen-bond acceptors (Lipinski definition) is 1. The fraction of sp³-hybridized carbons (Fsp3) is 0.160. The molecule has 0 saturated carbocycles. The Labute approximate surface area is 190 Å². The largest absolute Gasteiger partial charge is 2.00 e. The molecule has 0 saturated heterocycles. The minimum atomic E-state index is 0. The second-order valence-corrected chi connectivity index (χ2v) is 6.66. The minimum absolute atomic E-state index is 0. The molecule has 0 N–H and O–H groups in total. The summed E-state index contributed by atoms with van der Waals surface area (Å²) in [6.45, 7) is 6.09. The minimum Gasteiger partial charge on any atom is -0.875 e. The zero-order valence-electron chi connectivity index (χ0n) is 16.4. The van der Waals surface area contributed by atoms with E-state index in [9.17, 15) is 5.11 Å². The molecule has 3 aromatic rings. The summed E-state index contributed by atoms with van der Waals surface area (Å²) >= 11 is 0. The topological polar surface area (TPSA) is 23.1 Å². The third kappa shape index (κ3) is 8.00. The maximum Gasteiger partial charge on any atom is 2.00 e. The molecule has 0 fully saturated rings.